The van der Waals surface area contributed by atoms with Crippen molar-refractivity contribution in [3.05, 3.63) is 33.7 Å². The summed E-state index contributed by atoms with van der Waals surface area (Å²) < 4.78 is 1.19. The molecule has 0 saturated carbocycles. The van der Waals surface area contributed by atoms with Gasteiger partial charge in [-0.15, -0.1) is 0 Å². The fraction of sp³-hybridized carbons (Fsp3) is 0.111. The van der Waals surface area contributed by atoms with Crippen molar-refractivity contribution >= 4 is 33.6 Å². The number of nitrogens with zero attached hydrogens (tertiary/aromatic N) is 2. The Labute approximate surface area is 84.2 Å². The number of hydrogen-bond acceptors (Lipinski definition) is 2. The second-order valence-electron chi connectivity index (χ2n) is 2.64. The molecule has 0 atom stereocenters. The highest BCUT2D eigenvalue weighted by Crippen LogP contribution is 2.13. The van der Waals surface area contributed by atoms with Crippen LogP contribution in [0.5, 0.6) is 0 Å². The van der Waals surface area contributed by atoms with Crippen LogP contribution >= 0.6 is 22.6 Å². The predicted molar refractivity (Wildman–Crippen MR) is 57.0 cm³/mol. The van der Waals surface area contributed by atoms with Crippen LogP contribution in [0.3, 0.4) is 0 Å². The van der Waals surface area contributed by atoms with E-state index in [0.29, 0.717) is 0 Å². The van der Waals surface area contributed by atoms with Crippen molar-refractivity contribution in [3.8, 4) is 0 Å². The number of rotatable bonds is 0. The fourth-order valence-corrected chi connectivity index (χ4v) is 1.55. The van der Waals surface area contributed by atoms with E-state index in [-0.39, 0.29) is 0 Å². The van der Waals surface area contributed by atoms with E-state index in [4.69, 9.17) is 0 Å². The third-order valence-electron chi connectivity index (χ3n) is 1.62. The van der Waals surface area contributed by atoms with Crippen LogP contribution in [0.1, 0.15) is 5.69 Å². The lowest BCUT2D eigenvalue weighted by Crippen LogP contribution is -1.86. The lowest BCUT2D eigenvalue weighted by molar-refractivity contribution is 1.18. The molecule has 3 heteroatoms. The molecule has 0 spiro atoms. The molecule has 0 fully saturated rings. The van der Waals surface area contributed by atoms with Gasteiger partial charge in [0.1, 0.15) is 0 Å². The zero-order valence-corrected chi connectivity index (χ0v) is 8.74. The lowest BCUT2D eigenvalue weighted by Gasteiger charge is -1.97. The van der Waals surface area contributed by atoms with Crippen LogP contribution in [0, 0.1) is 10.5 Å². The number of benzene rings is 1. The zero-order valence-electron chi connectivity index (χ0n) is 6.58. The van der Waals surface area contributed by atoms with Gasteiger partial charge in [-0.3, -0.25) is 4.98 Å². The van der Waals surface area contributed by atoms with Gasteiger partial charge in [0.15, 0.2) is 0 Å². The van der Waals surface area contributed by atoms with Gasteiger partial charge in [0.2, 0.25) is 0 Å². The molecule has 0 bridgehead atoms. The minimum Gasteiger partial charge on any atom is -0.253 e. The summed E-state index contributed by atoms with van der Waals surface area (Å²) in [6.07, 6.45) is 1.79. The summed E-state index contributed by atoms with van der Waals surface area (Å²) in [5, 5.41) is 0. The Morgan fingerprint density at radius 1 is 1.25 bits per heavy atom. The highest BCUT2D eigenvalue weighted by Gasteiger charge is 1.96. The molecule has 1 heterocycles. The summed E-state index contributed by atoms with van der Waals surface area (Å²) in [6, 6.07) is 6.07. The van der Waals surface area contributed by atoms with Gasteiger partial charge in [-0.05, 0) is 47.7 Å². The number of aryl methyl sites for hydroxylation is 1. The molecule has 0 aliphatic rings. The van der Waals surface area contributed by atoms with Gasteiger partial charge in [0.25, 0.3) is 0 Å². The van der Waals surface area contributed by atoms with E-state index in [9.17, 15) is 0 Å². The molecule has 0 N–H and O–H groups in total. The van der Waals surface area contributed by atoms with E-state index in [1.807, 2.05) is 25.1 Å². The minimum absolute atomic E-state index is 0.962. The van der Waals surface area contributed by atoms with Crippen molar-refractivity contribution in [1.82, 2.24) is 9.97 Å². The summed E-state index contributed by atoms with van der Waals surface area (Å²) >= 11 is 2.27. The van der Waals surface area contributed by atoms with Gasteiger partial charge >= 0.3 is 0 Å². The molecule has 1 aromatic heterocycles. The first-order chi connectivity index (χ1) is 5.75. The van der Waals surface area contributed by atoms with Crippen molar-refractivity contribution in [2.75, 3.05) is 0 Å². The van der Waals surface area contributed by atoms with Gasteiger partial charge < -0.3 is 0 Å². The van der Waals surface area contributed by atoms with Crippen molar-refractivity contribution in [2.24, 2.45) is 0 Å². The highest BCUT2D eigenvalue weighted by molar-refractivity contribution is 14.1. The van der Waals surface area contributed by atoms with E-state index in [0.717, 1.165) is 16.7 Å². The van der Waals surface area contributed by atoms with Crippen LogP contribution in [-0.2, 0) is 0 Å². The first kappa shape index (κ1) is 7.91. The summed E-state index contributed by atoms with van der Waals surface area (Å²) in [6.45, 7) is 1.95. The average molecular weight is 270 g/mol. The van der Waals surface area contributed by atoms with Crippen LogP contribution in [0.4, 0.5) is 0 Å². The van der Waals surface area contributed by atoms with Crippen LogP contribution in [0.15, 0.2) is 24.4 Å². The van der Waals surface area contributed by atoms with Crippen LogP contribution in [0.25, 0.3) is 11.0 Å². The maximum Gasteiger partial charge on any atom is 0.0897 e. The summed E-state index contributed by atoms with van der Waals surface area (Å²) in [5.41, 5.74) is 2.90. The Kier molecular flexibility index (Phi) is 1.96. The second-order valence-corrected chi connectivity index (χ2v) is 3.89. The van der Waals surface area contributed by atoms with Crippen LogP contribution < -0.4 is 0 Å². The normalized spacial score (nSPS) is 10.5. The molecule has 60 valence electrons. The largest absolute Gasteiger partial charge is 0.253 e. The monoisotopic (exact) mass is 270 g/mol. The topological polar surface area (TPSA) is 25.8 Å². The zero-order chi connectivity index (χ0) is 8.55. The Morgan fingerprint density at radius 3 is 2.92 bits per heavy atom. The molecule has 2 rings (SSSR count). The van der Waals surface area contributed by atoms with Gasteiger partial charge in [0.05, 0.1) is 16.7 Å². The lowest BCUT2D eigenvalue weighted by atomic mass is 10.3. The van der Waals surface area contributed by atoms with Gasteiger partial charge in [-0.1, -0.05) is 0 Å². The van der Waals surface area contributed by atoms with Crippen molar-refractivity contribution in [2.45, 2.75) is 6.92 Å². The quantitative estimate of drug-likeness (QED) is 0.687. The maximum absolute atomic E-state index is 4.35. The summed E-state index contributed by atoms with van der Waals surface area (Å²) in [7, 11) is 0. The van der Waals surface area contributed by atoms with Crippen LogP contribution in [0.2, 0.25) is 0 Å². The molecule has 0 amide bonds. The maximum atomic E-state index is 4.35. The second kappa shape index (κ2) is 2.97. The Bertz CT molecular complexity index is 385. The van der Waals surface area contributed by atoms with E-state index >= 15 is 0 Å². The summed E-state index contributed by atoms with van der Waals surface area (Å²) in [4.78, 5) is 8.63. The number of hydrogen-bond donors (Lipinski definition) is 0. The molecule has 0 saturated heterocycles. The van der Waals surface area contributed by atoms with Crippen LogP contribution in [-0.4, -0.2) is 9.97 Å². The molecule has 0 unspecified atom stereocenters. The van der Waals surface area contributed by atoms with Gasteiger partial charge in [-0.25, -0.2) is 4.98 Å². The average Bonchev–Trinajstić information content (AvgIpc) is 2.05. The molecule has 0 aliphatic carbocycles. The van der Waals surface area contributed by atoms with E-state index in [1.54, 1.807) is 6.20 Å². The molecule has 0 radical (unpaired) electrons. The first-order valence-electron chi connectivity index (χ1n) is 3.64. The number of halogens is 1. The molecular weight excluding hydrogens is 263 g/mol. The Morgan fingerprint density at radius 2 is 2.08 bits per heavy atom. The van der Waals surface area contributed by atoms with Gasteiger partial charge in [-0.2, -0.15) is 0 Å². The van der Waals surface area contributed by atoms with Crippen molar-refractivity contribution < 1.29 is 0 Å². The summed E-state index contributed by atoms with van der Waals surface area (Å²) in [5.74, 6) is 0. The highest BCUT2D eigenvalue weighted by atomic mass is 127. The number of fused-ring (bicyclic) bond motifs is 1. The third kappa shape index (κ3) is 1.41. The minimum atomic E-state index is 0.962. The van der Waals surface area contributed by atoms with E-state index in [1.165, 1.54) is 3.57 Å². The molecule has 12 heavy (non-hydrogen) atoms. The van der Waals surface area contributed by atoms with E-state index < -0.39 is 0 Å². The third-order valence-corrected chi connectivity index (χ3v) is 2.30. The smallest absolute Gasteiger partial charge is 0.0897 e. The molecule has 2 nitrogen and oxygen atoms in total. The predicted octanol–water partition coefficient (Wildman–Crippen LogP) is 2.54. The fourth-order valence-electron chi connectivity index (χ4n) is 1.08. The molecule has 0 aliphatic heterocycles. The molecule has 2 aromatic rings. The number of aromatic nitrogens is 2. The van der Waals surface area contributed by atoms with Crippen molar-refractivity contribution in [3.63, 3.8) is 0 Å². The molecular formula is C9H7IN2. The van der Waals surface area contributed by atoms with Gasteiger partial charge in [0, 0.05) is 9.77 Å². The van der Waals surface area contributed by atoms with E-state index in [2.05, 4.69) is 32.6 Å². The Hall–Kier alpha value is -0.710. The molecule has 1 aromatic carbocycles. The van der Waals surface area contributed by atoms with Crippen molar-refractivity contribution in [1.29, 1.82) is 0 Å². The first-order valence-corrected chi connectivity index (χ1v) is 4.72. The Balaban J connectivity index is 2.79. The standard InChI is InChI=1S/C9H7IN2/c1-6-5-11-9-4-7(10)2-3-8(9)12-6/h2-5H,1H3. The SMILES string of the molecule is Cc1cnc2cc(I)ccc2n1.